The summed E-state index contributed by atoms with van der Waals surface area (Å²) in [7, 11) is 0. The number of nitrogens with two attached hydrogens (primary N) is 1. The van der Waals surface area contributed by atoms with Gasteiger partial charge in [0.05, 0.1) is 24.7 Å². The summed E-state index contributed by atoms with van der Waals surface area (Å²) in [5.74, 6) is 1.46. The molecule has 2 rings (SSSR count). The van der Waals surface area contributed by atoms with Crippen LogP contribution in [0.3, 0.4) is 0 Å². The van der Waals surface area contributed by atoms with Crippen molar-refractivity contribution >= 4 is 5.69 Å². The fourth-order valence-electron chi connectivity index (χ4n) is 1.43. The van der Waals surface area contributed by atoms with E-state index in [2.05, 4.69) is 10.1 Å². The van der Waals surface area contributed by atoms with E-state index in [4.69, 9.17) is 15.2 Å². The zero-order chi connectivity index (χ0) is 13.0. The minimum atomic E-state index is 0.387. The highest BCUT2D eigenvalue weighted by Gasteiger charge is 2.06. The normalized spacial score (nSPS) is 10.3. The molecule has 0 aliphatic rings. The first-order valence-electron chi connectivity index (χ1n) is 5.82. The van der Waals surface area contributed by atoms with Gasteiger partial charge in [-0.25, -0.2) is 0 Å². The first-order valence-corrected chi connectivity index (χ1v) is 5.82. The van der Waals surface area contributed by atoms with Crippen molar-refractivity contribution in [3.8, 4) is 17.5 Å². The number of ether oxygens (including phenoxy) is 2. The minimum absolute atomic E-state index is 0.387. The smallest absolute Gasteiger partial charge is 0.240 e. The maximum Gasteiger partial charge on any atom is 0.240 e. The highest BCUT2D eigenvalue weighted by atomic mass is 16.5. The number of pyridine rings is 1. The monoisotopic (exact) mass is 248 g/mol. The van der Waals surface area contributed by atoms with Gasteiger partial charge in [-0.05, 0) is 19.9 Å². The van der Waals surface area contributed by atoms with E-state index in [1.807, 2.05) is 13.8 Å². The summed E-state index contributed by atoms with van der Waals surface area (Å²) >= 11 is 0. The molecule has 0 radical (unpaired) electrons. The number of nitrogens with zero attached hydrogens (tertiary/aromatic N) is 3. The van der Waals surface area contributed by atoms with Crippen molar-refractivity contribution in [2.24, 2.45) is 0 Å². The molecule has 0 amide bonds. The predicted molar refractivity (Wildman–Crippen MR) is 67.8 cm³/mol. The van der Waals surface area contributed by atoms with Crippen molar-refractivity contribution in [1.29, 1.82) is 0 Å². The van der Waals surface area contributed by atoms with Crippen LogP contribution in [0, 0.1) is 0 Å². The fourth-order valence-corrected chi connectivity index (χ4v) is 1.43. The molecule has 0 unspecified atom stereocenters. The highest BCUT2D eigenvalue weighted by Crippen LogP contribution is 2.25. The molecular formula is C12H16N4O2. The summed E-state index contributed by atoms with van der Waals surface area (Å²) < 4.78 is 12.7. The summed E-state index contributed by atoms with van der Waals surface area (Å²) in [5.41, 5.74) is 6.23. The van der Waals surface area contributed by atoms with Gasteiger partial charge in [0.1, 0.15) is 0 Å². The lowest BCUT2D eigenvalue weighted by molar-refractivity contribution is 0.323. The Morgan fingerprint density at radius 3 is 2.83 bits per heavy atom. The van der Waals surface area contributed by atoms with Gasteiger partial charge in [-0.15, -0.1) is 0 Å². The van der Waals surface area contributed by atoms with E-state index in [1.54, 1.807) is 29.2 Å². The maximum absolute atomic E-state index is 5.74. The van der Waals surface area contributed by atoms with E-state index < -0.39 is 0 Å². The molecule has 6 heteroatoms. The first-order chi connectivity index (χ1) is 8.72. The molecule has 0 aliphatic carbocycles. The molecule has 2 heterocycles. The van der Waals surface area contributed by atoms with Crippen LogP contribution in [0.15, 0.2) is 24.5 Å². The van der Waals surface area contributed by atoms with Crippen LogP contribution in [0.2, 0.25) is 0 Å². The number of aromatic nitrogens is 3. The van der Waals surface area contributed by atoms with E-state index >= 15 is 0 Å². The fraction of sp³-hybridized carbons (Fsp3) is 0.333. The van der Waals surface area contributed by atoms with Crippen molar-refractivity contribution < 1.29 is 9.47 Å². The standard InChI is InChI=1S/C12H16N4O2/c1-3-16-8-9(7-14-16)18-11-6-5-10(13)12(15-11)17-4-2/h5-8H,3-4,13H2,1-2H3. The maximum atomic E-state index is 5.74. The summed E-state index contributed by atoms with van der Waals surface area (Å²) in [6.45, 7) is 5.18. The molecule has 0 bridgehead atoms. The van der Waals surface area contributed by atoms with Gasteiger partial charge in [-0.3, -0.25) is 4.68 Å². The van der Waals surface area contributed by atoms with Crippen LogP contribution in [0.4, 0.5) is 5.69 Å². The van der Waals surface area contributed by atoms with Gasteiger partial charge in [-0.1, -0.05) is 0 Å². The van der Waals surface area contributed by atoms with Crippen LogP contribution in [0.25, 0.3) is 0 Å². The van der Waals surface area contributed by atoms with Crippen molar-refractivity contribution in [2.75, 3.05) is 12.3 Å². The van der Waals surface area contributed by atoms with E-state index in [-0.39, 0.29) is 0 Å². The Balaban J connectivity index is 2.15. The van der Waals surface area contributed by atoms with E-state index in [0.717, 1.165) is 6.54 Å². The Morgan fingerprint density at radius 1 is 1.33 bits per heavy atom. The summed E-state index contributed by atoms with van der Waals surface area (Å²) in [4.78, 5) is 4.19. The van der Waals surface area contributed by atoms with Crippen molar-refractivity contribution in [3.05, 3.63) is 24.5 Å². The molecule has 18 heavy (non-hydrogen) atoms. The Hall–Kier alpha value is -2.24. The second kappa shape index (κ2) is 5.39. The number of nitrogen functional groups attached to an aromatic ring is 1. The molecular weight excluding hydrogens is 232 g/mol. The molecule has 0 fully saturated rings. The third-order valence-electron chi connectivity index (χ3n) is 2.30. The van der Waals surface area contributed by atoms with Gasteiger partial charge in [0.25, 0.3) is 0 Å². The molecule has 2 aromatic heterocycles. The number of anilines is 1. The lowest BCUT2D eigenvalue weighted by Gasteiger charge is -2.07. The Bertz CT molecular complexity index is 525. The average Bonchev–Trinajstić information content (AvgIpc) is 2.81. The average molecular weight is 248 g/mol. The number of hydrogen-bond acceptors (Lipinski definition) is 5. The summed E-state index contributed by atoms with van der Waals surface area (Å²) in [6, 6.07) is 3.40. The summed E-state index contributed by atoms with van der Waals surface area (Å²) in [5, 5.41) is 4.12. The van der Waals surface area contributed by atoms with E-state index in [0.29, 0.717) is 29.8 Å². The molecule has 6 nitrogen and oxygen atoms in total. The predicted octanol–water partition coefficient (Wildman–Crippen LogP) is 2.07. The van der Waals surface area contributed by atoms with Crippen molar-refractivity contribution in [1.82, 2.24) is 14.8 Å². The first kappa shape index (κ1) is 12.2. The van der Waals surface area contributed by atoms with E-state index in [1.165, 1.54) is 0 Å². The molecule has 0 saturated carbocycles. The van der Waals surface area contributed by atoms with Crippen LogP contribution in [0.5, 0.6) is 17.5 Å². The van der Waals surface area contributed by atoms with Crippen LogP contribution in [-0.2, 0) is 6.54 Å². The second-order valence-electron chi connectivity index (χ2n) is 3.61. The molecule has 0 atom stereocenters. The zero-order valence-corrected chi connectivity index (χ0v) is 10.5. The molecule has 0 aliphatic heterocycles. The van der Waals surface area contributed by atoms with Crippen molar-refractivity contribution in [2.45, 2.75) is 20.4 Å². The number of hydrogen-bond donors (Lipinski definition) is 1. The van der Waals surface area contributed by atoms with Gasteiger partial charge in [0.2, 0.25) is 11.8 Å². The number of rotatable bonds is 5. The van der Waals surface area contributed by atoms with Crippen LogP contribution < -0.4 is 15.2 Å². The Labute approximate surface area is 105 Å². The summed E-state index contributed by atoms with van der Waals surface area (Å²) in [6.07, 6.45) is 3.44. The molecule has 0 aromatic carbocycles. The van der Waals surface area contributed by atoms with Gasteiger partial charge >= 0.3 is 0 Å². The minimum Gasteiger partial charge on any atom is -0.476 e. The topological polar surface area (TPSA) is 75.2 Å². The Morgan fingerprint density at radius 2 is 2.17 bits per heavy atom. The van der Waals surface area contributed by atoms with Crippen LogP contribution in [0.1, 0.15) is 13.8 Å². The largest absolute Gasteiger partial charge is 0.476 e. The zero-order valence-electron chi connectivity index (χ0n) is 10.5. The lowest BCUT2D eigenvalue weighted by atomic mass is 10.4. The number of aryl methyl sites for hydroxylation is 1. The van der Waals surface area contributed by atoms with Crippen LogP contribution >= 0.6 is 0 Å². The highest BCUT2D eigenvalue weighted by molar-refractivity contribution is 5.49. The molecule has 96 valence electrons. The van der Waals surface area contributed by atoms with Crippen LogP contribution in [-0.4, -0.2) is 21.4 Å². The van der Waals surface area contributed by atoms with Gasteiger partial charge in [0.15, 0.2) is 5.75 Å². The molecule has 0 saturated heterocycles. The Kier molecular flexibility index (Phi) is 3.66. The SMILES string of the molecule is CCOc1nc(Oc2cnn(CC)c2)ccc1N. The van der Waals surface area contributed by atoms with E-state index in [9.17, 15) is 0 Å². The third-order valence-corrected chi connectivity index (χ3v) is 2.30. The molecule has 0 spiro atoms. The molecule has 2 N–H and O–H groups in total. The van der Waals surface area contributed by atoms with Gasteiger partial charge in [-0.2, -0.15) is 10.1 Å². The second-order valence-corrected chi connectivity index (χ2v) is 3.61. The quantitative estimate of drug-likeness (QED) is 0.876. The van der Waals surface area contributed by atoms with Gasteiger partial charge < -0.3 is 15.2 Å². The lowest BCUT2D eigenvalue weighted by Crippen LogP contribution is -2.00. The molecule has 2 aromatic rings. The third kappa shape index (κ3) is 2.71. The van der Waals surface area contributed by atoms with Gasteiger partial charge in [0, 0.05) is 12.6 Å². The van der Waals surface area contributed by atoms with Crippen molar-refractivity contribution in [3.63, 3.8) is 0 Å².